The number of carbonyl (C=O) groups is 1. The molecule has 3 atom stereocenters. The zero-order chi connectivity index (χ0) is 8.85. The molecule has 5 nitrogen and oxygen atoms in total. The molecule has 0 rings (SSSR count). The SMILES string of the molecule is O=CC[C@H](O)[C@H](O)C(O)CO. The Morgan fingerprint density at radius 3 is 2.09 bits per heavy atom. The Labute approximate surface area is 63.9 Å². The van der Waals surface area contributed by atoms with Crippen molar-refractivity contribution < 1.29 is 25.2 Å². The Bertz CT molecular complexity index is 116. The number of hydrogen-bond acceptors (Lipinski definition) is 5. The molecule has 0 spiro atoms. The molecule has 5 heteroatoms. The molecule has 0 aromatic carbocycles. The zero-order valence-electron chi connectivity index (χ0n) is 5.92. The van der Waals surface area contributed by atoms with Gasteiger partial charge in [0.1, 0.15) is 18.5 Å². The lowest BCUT2D eigenvalue weighted by atomic mass is 10.1. The van der Waals surface area contributed by atoms with E-state index in [1.807, 2.05) is 0 Å². The van der Waals surface area contributed by atoms with Crippen LogP contribution in [0.2, 0.25) is 0 Å². The number of hydrogen-bond donors (Lipinski definition) is 4. The van der Waals surface area contributed by atoms with Crippen LogP contribution in [0.15, 0.2) is 0 Å². The van der Waals surface area contributed by atoms with E-state index < -0.39 is 24.9 Å². The lowest BCUT2D eigenvalue weighted by Crippen LogP contribution is -2.39. The smallest absolute Gasteiger partial charge is 0.122 e. The van der Waals surface area contributed by atoms with Crippen LogP contribution in [0, 0.1) is 0 Å². The summed E-state index contributed by atoms with van der Waals surface area (Å²) in [7, 11) is 0. The molecule has 0 aliphatic rings. The summed E-state index contributed by atoms with van der Waals surface area (Å²) < 4.78 is 0. The third kappa shape index (κ3) is 3.43. The van der Waals surface area contributed by atoms with Crippen molar-refractivity contribution in [1.82, 2.24) is 0 Å². The maximum Gasteiger partial charge on any atom is 0.122 e. The van der Waals surface area contributed by atoms with E-state index in [2.05, 4.69) is 0 Å². The fraction of sp³-hybridized carbons (Fsp3) is 0.833. The maximum absolute atomic E-state index is 9.82. The molecule has 0 aliphatic carbocycles. The number of rotatable bonds is 5. The zero-order valence-corrected chi connectivity index (χ0v) is 5.92. The van der Waals surface area contributed by atoms with Crippen molar-refractivity contribution >= 4 is 6.29 Å². The second kappa shape index (κ2) is 5.20. The Morgan fingerprint density at radius 2 is 1.73 bits per heavy atom. The van der Waals surface area contributed by atoms with Crippen LogP contribution >= 0.6 is 0 Å². The molecule has 0 saturated heterocycles. The summed E-state index contributed by atoms with van der Waals surface area (Å²) >= 11 is 0. The first-order valence-electron chi connectivity index (χ1n) is 3.22. The molecule has 4 N–H and O–H groups in total. The molecule has 0 aromatic heterocycles. The molecule has 11 heavy (non-hydrogen) atoms. The van der Waals surface area contributed by atoms with E-state index in [4.69, 9.17) is 20.4 Å². The van der Waals surface area contributed by atoms with Crippen LogP contribution in [0.1, 0.15) is 6.42 Å². The monoisotopic (exact) mass is 164 g/mol. The molecule has 0 aliphatic heterocycles. The predicted molar refractivity (Wildman–Crippen MR) is 35.8 cm³/mol. The highest BCUT2D eigenvalue weighted by molar-refractivity contribution is 5.50. The largest absolute Gasteiger partial charge is 0.394 e. The Hall–Kier alpha value is -0.490. The summed E-state index contributed by atoms with van der Waals surface area (Å²) in [4.78, 5) is 9.82. The van der Waals surface area contributed by atoms with Gasteiger partial charge >= 0.3 is 0 Å². The average molecular weight is 164 g/mol. The van der Waals surface area contributed by atoms with Gasteiger partial charge in [-0.1, -0.05) is 0 Å². The summed E-state index contributed by atoms with van der Waals surface area (Å²) in [6.07, 6.45) is -4.00. The van der Waals surface area contributed by atoms with E-state index in [1.165, 1.54) is 0 Å². The van der Waals surface area contributed by atoms with Gasteiger partial charge in [-0.05, 0) is 0 Å². The van der Waals surface area contributed by atoms with E-state index in [1.54, 1.807) is 0 Å². The first kappa shape index (κ1) is 10.5. The van der Waals surface area contributed by atoms with E-state index in [-0.39, 0.29) is 6.42 Å². The number of carbonyl (C=O) groups excluding carboxylic acids is 1. The van der Waals surface area contributed by atoms with Crippen LogP contribution in [0.5, 0.6) is 0 Å². The van der Waals surface area contributed by atoms with Gasteiger partial charge in [-0.15, -0.1) is 0 Å². The van der Waals surface area contributed by atoms with Crippen LogP contribution in [-0.4, -0.2) is 51.6 Å². The minimum Gasteiger partial charge on any atom is -0.394 e. The highest BCUT2D eigenvalue weighted by Crippen LogP contribution is 2.01. The predicted octanol–water partition coefficient (Wildman–Crippen LogP) is -2.35. The molecule has 1 unspecified atom stereocenters. The summed E-state index contributed by atoms with van der Waals surface area (Å²) in [5.74, 6) is 0. The van der Waals surface area contributed by atoms with E-state index in [0.29, 0.717) is 6.29 Å². The highest BCUT2D eigenvalue weighted by atomic mass is 16.4. The van der Waals surface area contributed by atoms with Gasteiger partial charge in [0, 0.05) is 6.42 Å². The average Bonchev–Trinajstić information content (AvgIpc) is 2.02. The van der Waals surface area contributed by atoms with Gasteiger partial charge in [-0.25, -0.2) is 0 Å². The van der Waals surface area contributed by atoms with Crippen LogP contribution in [0.25, 0.3) is 0 Å². The fourth-order valence-electron chi connectivity index (χ4n) is 0.602. The molecular formula is C6H12O5. The van der Waals surface area contributed by atoms with Crippen molar-refractivity contribution in [3.05, 3.63) is 0 Å². The second-order valence-corrected chi connectivity index (χ2v) is 2.21. The Kier molecular flexibility index (Phi) is 4.97. The Morgan fingerprint density at radius 1 is 1.18 bits per heavy atom. The highest BCUT2D eigenvalue weighted by Gasteiger charge is 2.23. The number of aliphatic hydroxyl groups is 4. The first-order chi connectivity index (χ1) is 5.13. The lowest BCUT2D eigenvalue weighted by Gasteiger charge is -2.19. The normalized spacial score (nSPS) is 18.9. The topological polar surface area (TPSA) is 98.0 Å². The Balaban J connectivity index is 3.79. The molecule has 0 bridgehead atoms. The van der Waals surface area contributed by atoms with Crippen LogP contribution in [-0.2, 0) is 4.79 Å². The standard InChI is InChI=1S/C6H12O5/c7-2-1-4(9)6(11)5(10)3-8/h2,4-6,8-11H,1,3H2/t4-,5?,6-/m0/s1. The van der Waals surface area contributed by atoms with Gasteiger partial charge in [0.15, 0.2) is 0 Å². The van der Waals surface area contributed by atoms with E-state index in [9.17, 15) is 4.79 Å². The lowest BCUT2D eigenvalue weighted by molar-refractivity contribution is -0.115. The second-order valence-electron chi connectivity index (χ2n) is 2.21. The van der Waals surface area contributed by atoms with E-state index in [0.717, 1.165) is 0 Å². The van der Waals surface area contributed by atoms with Crippen LogP contribution < -0.4 is 0 Å². The van der Waals surface area contributed by atoms with Gasteiger partial charge < -0.3 is 25.2 Å². The molecule has 0 radical (unpaired) electrons. The van der Waals surface area contributed by atoms with Gasteiger partial charge in [0.2, 0.25) is 0 Å². The molecule has 0 aromatic rings. The third-order valence-corrected chi connectivity index (χ3v) is 1.31. The van der Waals surface area contributed by atoms with Crippen LogP contribution in [0.3, 0.4) is 0 Å². The van der Waals surface area contributed by atoms with Crippen molar-refractivity contribution in [3.8, 4) is 0 Å². The van der Waals surface area contributed by atoms with Crippen molar-refractivity contribution in [1.29, 1.82) is 0 Å². The summed E-state index contributed by atoms with van der Waals surface area (Å²) in [6.45, 7) is -0.642. The summed E-state index contributed by atoms with van der Waals surface area (Å²) in [6, 6.07) is 0. The molecule has 66 valence electrons. The molecule has 0 heterocycles. The maximum atomic E-state index is 9.82. The summed E-state index contributed by atoms with van der Waals surface area (Å²) in [5.41, 5.74) is 0. The molecule has 0 amide bonds. The van der Waals surface area contributed by atoms with Gasteiger partial charge in [0.25, 0.3) is 0 Å². The molecular weight excluding hydrogens is 152 g/mol. The summed E-state index contributed by atoms with van der Waals surface area (Å²) in [5, 5.41) is 34.8. The number of aldehydes is 1. The fourth-order valence-corrected chi connectivity index (χ4v) is 0.602. The quantitative estimate of drug-likeness (QED) is 0.341. The van der Waals surface area contributed by atoms with Crippen LogP contribution in [0.4, 0.5) is 0 Å². The van der Waals surface area contributed by atoms with Crippen molar-refractivity contribution in [2.75, 3.05) is 6.61 Å². The number of aliphatic hydroxyl groups excluding tert-OH is 4. The van der Waals surface area contributed by atoms with Crippen molar-refractivity contribution in [3.63, 3.8) is 0 Å². The molecule has 0 fully saturated rings. The third-order valence-electron chi connectivity index (χ3n) is 1.31. The van der Waals surface area contributed by atoms with E-state index >= 15 is 0 Å². The first-order valence-corrected chi connectivity index (χ1v) is 3.22. The van der Waals surface area contributed by atoms with Gasteiger partial charge in [-0.2, -0.15) is 0 Å². The van der Waals surface area contributed by atoms with Gasteiger partial charge in [0.05, 0.1) is 12.7 Å². The minimum atomic E-state index is -1.47. The van der Waals surface area contributed by atoms with Crippen molar-refractivity contribution in [2.24, 2.45) is 0 Å². The van der Waals surface area contributed by atoms with Crippen molar-refractivity contribution in [2.45, 2.75) is 24.7 Å². The molecule has 0 saturated carbocycles. The minimum absolute atomic E-state index is 0.252. The van der Waals surface area contributed by atoms with Gasteiger partial charge in [-0.3, -0.25) is 0 Å².